The van der Waals surface area contributed by atoms with Gasteiger partial charge in [0.25, 0.3) is 0 Å². The molecule has 102 valence electrons. The maximum atomic E-state index is 10.7. The highest BCUT2D eigenvalue weighted by molar-refractivity contribution is 5.12. The first kappa shape index (κ1) is 13.6. The molecule has 0 amide bonds. The van der Waals surface area contributed by atoms with Crippen LogP contribution in [0, 0.1) is 6.92 Å². The molecular weight excluding hydrogens is 228 g/mol. The van der Waals surface area contributed by atoms with Crippen LogP contribution in [0.2, 0.25) is 0 Å². The van der Waals surface area contributed by atoms with E-state index >= 15 is 0 Å². The number of aromatic nitrogens is 2. The van der Waals surface area contributed by atoms with Crippen molar-refractivity contribution in [3.8, 4) is 0 Å². The second-order valence-electron chi connectivity index (χ2n) is 5.35. The highest BCUT2D eigenvalue weighted by atomic mass is 16.5. The van der Waals surface area contributed by atoms with Crippen LogP contribution in [0.25, 0.3) is 0 Å². The van der Waals surface area contributed by atoms with Crippen molar-refractivity contribution in [1.82, 2.24) is 9.78 Å². The average molecular weight is 252 g/mol. The van der Waals surface area contributed by atoms with Crippen LogP contribution in [0.1, 0.15) is 44.5 Å². The van der Waals surface area contributed by atoms with Gasteiger partial charge in [0.05, 0.1) is 17.4 Å². The third-order valence-corrected chi connectivity index (χ3v) is 3.78. The third kappa shape index (κ3) is 2.93. The molecule has 18 heavy (non-hydrogen) atoms. The Morgan fingerprint density at radius 2 is 2.33 bits per heavy atom. The zero-order valence-corrected chi connectivity index (χ0v) is 11.6. The Morgan fingerprint density at radius 3 is 3.00 bits per heavy atom. The van der Waals surface area contributed by atoms with Gasteiger partial charge in [-0.05, 0) is 32.8 Å². The van der Waals surface area contributed by atoms with Gasteiger partial charge in [-0.15, -0.1) is 0 Å². The van der Waals surface area contributed by atoms with Gasteiger partial charge in [0, 0.05) is 31.7 Å². The van der Waals surface area contributed by atoms with Crippen molar-refractivity contribution in [1.29, 1.82) is 0 Å². The lowest BCUT2D eigenvalue weighted by atomic mass is 9.85. The first-order valence-corrected chi connectivity index (χ1v) is 6.93. The second-order valence-corrected chi connectivity index (χ2v) is 5.35. The van der Waals surface area contributed by atoms with E-state index in [-0.39, 0.29) is 6.10 Å². The summed E-state index contributed by atoms with van der Waals surface area (Å²) in [7, 11) is 0. The molecule has 0 saturated carbocycles. The van der Waals surface area contributed by atoms with Gasteiger partial charge in [-0.25, -0.2) is 0 Å². The molecule has 4 heteroatoms. The summed E-state index contributed by atoms with van der Waals surface area (Å²) in [6, 6.07) is 2.08. The highest BCUT2D eigenvalue weighted by Gasteiger charge is 2.35. The molecule has 0 spiro atoms. The Hall–Kier alpha value is -0.870. The van der Waals surface area contributed by atoms with Crippen molar-refractivity contribution < 1.29 is 9.84 Å². The molecular formula is C14H24N2O2. The van der Waals surface area contributed by atoms with E-state index in [2.05, 4.69) is 25.0 Å². The molecule has 2 atom stereocenters. The standard InChI is InChI=1S/C14H24N2O2/c1-4-13-10-14(17,6-7-18-13)9-12-8-11(3)15-16(12)5-2/h8,13,17H,4-7,9-10H2,1-3H3. The van der Waals surface area contributed by atoms with Crippen molar-refractivity contribution in [3.63, 3.8) is 0 Å². The Balaban J connectivity index is 2.11. The first-order valence-electron chi connectivity index (χ1n) is 6.93. The molecule has 1 N–H and O–H groups in total. The Labute approximate surface area is 109 Å². The van der Waals surface area contributed by atoms with Gasteiger partial charge >= 0.3 is 0 Å². The summed E-state index contributed by atoms with van der Waals surface area (Å²) in [6.07, 6.45) is 3.30. The fourth-order valence-electron chi connectivity index (χ4n) is 2.78. The first-order chi connectivity index (χ1) is 8.56. The summed E-state index contributed by atoms with van der Waals surface area (Å²) in [4.78, 5) is 0. The van der Waals surface area contributed by atoms with Crippen LogP contribution >= 0.6 is 0 Å². The van der Waals surface area contributed by atoms with Crippen LogP contribution in [0.3, 0.4) is 0 Å². The van der Waals surface area contributed by atoms with E-state index in [1.54, 1.807) is 0 Å². The van der Waals surface area contributed by atoms with Gasteiger partial charge in [0.1, 0.15) is 0 Å². The van der Waals surface area contributed by atoms with Gasteiger partial charge in [-0.2, -0.15) is 5.10 Å². The van der Waals surface area contributed by atoms with E-state index in [9.17, 15) is 5.11 Å². The minimum absolute atomic E-state index is 0.197. The molecule has 0 aromatic carbocycles. The van der Waals surface area contributed by atoms with E-state index in [0.29, 0.717) is 13.0 Å². The number of ether oxygens (including phenoxy) is 1. The van der Waals surface area contributed by atoms with E-state index in [1.165, 1.54) is 0 Å². The fourth-order valence-corrected chi connectivity index (χ4v) is 2.78. The lowest BCUT2D eigenvalue weighted by Crippen LogP contribution is -2.42. The smallest absolute Gasteiger partial charge is 0.0749 e. The quantitative estimate of drug-likeness (QED) is 0.892. The minimum Gasteiger partial charge on any atom is -0.389 e. The molecule has 0 bridgehead atoms. The topological polar surface area (TPSA) is 47.3 Å². The van der Waals surface area contributed by atoms with Crippen LogP contribution in [-0.2, 0) is 17.7 Å². The lowest BCUT2D eigenvalue weighted by molar-refractivity contribution is -0.104. The second kappa shape index (κ2) is 5.41. The van der Waals surface area contributed by atoms with Crippen molar-refractivity contribution in [3.05, 3.63) is 17.5 Å². The SMILES string of the molecule is CCC1CC(O)(Cc2cc(C)nn2CC)CCO1. The van der Waals surface area contributed by atoms with Gasteiger partial charge < -0.3 is 9.84 Å². The zero-order chi connectivity index (χ0) is 13.2. The van der Waals surface area contributed by atoms with Crippen LogP contribution in [0.5, 0.6) is 0 Å². The Bertz CT molecular complexity index is 402. The summed E-state index contributed by atoms with van der Waals surface area (Å²) in [6.45, 7) is 7.70. The average Bonchev–Trinajstić information content (AvgIpc) is 2.68. The third-order valence-electron chi connectivity index (χ3n) is 3.78. The number of rotatable bonds is 4. The molecule has 0 radical (unpaired) electrons. The molecule has 1 aromatic rings. The predicted molar refractivity (Wildman–Crippen MR) is 70.6 cm³/mol. The summed E-state index contributed by atoms with van der Waals surface area (Å²) in [5.74, 6) is 0. The normalized spacial score (nSPS) is 28.6. The summed E-state index contributed by atoms with van der Waals surface area (Å²) in [5.41, 5.74) is 1.53. The van der Waals surface area contributed by atoms with Gasteiger partial charge in [0.2, 0.25) is 0 Å². The van der Waals surface area contributed by atoms with Crippen LogP contribution in [-0.4, -0.2) is 33.2 Å². The minimum atomic E-state index is -0.627. The molecule has 2 heterocycles. The Morgan fingerprint density at radius 1 is 1.56 bits per heavy atom. The monoisotopic (exact) mass is 252 g/mol. The van der Waals surface area contributed by atoms with E-state index in [1.807, 2.05) is 11.6 Å². The van der Waals surface area contributed by atoms with E-state index in [0.717, 1.165) is 37.2 Å². The zero-order valence-electron chi connectivity index (χ0n) is 11.6. The lowest BCUT2D eigenvalue weighted by Gasteiger charge is -2.36. The molecule has 1 aliphatic heterocycles. The molecule has 1 aliphatic rings. The highest BCUT2D eigenvalue weighted by Crippen LogP contribution is 2.29. The number of aryl methyl sites for hydroxylation is 2. The molecule has 2 unspecified atom stereocenters. The van der Waals surface area contributed by atoms with Gasteiger partial charge in [-0.1, -0.05) is 6.92 Å². The van der Waals surface area contributed by atoms with Gasteiger partial charge in [-0.3, -0.25) is 4.68 Å². The van der Waals surface area contributed by atoms with Crippen molar-refractivity contribution >= 4 is 0 Å². The van der Waals surface area contributed by atoms with Crippen molar-refractivity contribution in [2.24, 2.45) is 0 Å². The summed E-state index contributed by atoms with van der Waals surface area (Å²) < 4.78 is 7.63. The van der Waals surface area contributed by atoms with Crippen molar-refractivity contribution in [2.45, 2.75) is 64.7 Å². The van der Waals surface area contributed by atoms with E-state index < -0.39 is 5.60 Å². The predicted octanol–water partition coefficient (Wildman–Crippen LogP) is 2.07. The summed E-state index contributed by atoms with van der Waals surface area (Å²) in [5, 5.41) is 15.2. The molecule has 0 aliphatic carbocycles. The maximum absolute atomic E-state index is 10.7. The van der Waals surface area contributed by atoms with Crippen LogP contribution in [0.4, 0.5) is 0 Å². The Kier molecular flexibility index (Phi) is 4.07. The number of nitrogens with zero attached hydrogens (tertiary/aromatic N) is 2. The fraction of sp³-hybridized carbons (Fsp3) is 0.786. The van der Waals surface area contributed by atoms with E-state index in [4.69, 9.17) is 4.74 Å². The van der Waals surface area contributed by atoms with Crippen LogP contribution < -0.4 is 0 Å². The number of hydrogen-bond donors (Lipinski definition) is 1. The molecule has 1 fully saturated rings. The maximum Gasteiger partial charge on any atom is 0.0749 e. The summed E-state index contributed by atoms with van der Waals surface area (Å²) >= 11 is 0. The van der Waals surface area contributed by atoms with Crippen LogP contribution in [0.15, 0.2) is 6.07 Å². The van der Waals surface area contributed by atoms with Gasteiger partial charge in [0.15, 0.2) is 0 Å². The number of hydrogen-bond acceptors (Lipinski definition) is 3. The molecule has 1 aromatic heterocycles. The molecule has 4 nitrogen and oxygen atoms in total. The number of aliphatic hydroxyl groups is 1. The molecule has 1 saturated heterocycles. The molecule has 2 rings (SSSR count). The van der Waals surface area contributed by atoms with Crippen molar-refractivity contribution in [2.75, 3.05) is 6.61 Å². The largest absolute Gasteiger partial charge is 0.389 e.